The molecule has 1 aromatic rings. The fraction of sp³-hybridized carbons (Fsp3) is 0.750. The van der Waals surface area contributed by atoms with Gasteiger partial charge in [0.2, 0.25) is 5.91 Å². The molecule has 1 atom stereocenters. The van der Waals surface area contributed by atoms with E-state index in [2.05, 4.69) is 30.8 Å². The van der Waals surface area contributed by atoms with Gasteiger partial charge in [0.15, 0.2) is 5.13 Å². The Bertz CT molecular complexity index is 514. The van der Waals surface area contributed by atoms with Crippen LogP contribution in [0.4, 0.5) is 5.13 Å². The molecule has 2 fully saturated rings. The summed E-state index contributed by atoms with van der Waals surface area (Å²) >= 11 is 1.53. The predicted molar refractivity (Wildman–Crippen MR) is 93.8 cm³/mol. The average Bonchev–Trinajstić information content (AvgIpc) is 3.20. The Hall–Kier alpha value is -1.02. The molecular weight excluding hydrogens is 310 g/mol. The summed E-state index contributed by atoms with van der Waals surface area (Å²) < 4.78 is 0. The van der Waals surface area contributed by atoms with Crippen molar-refractivity contribution in [3.63, 3.8) is 0 Å². The van der Waals surface area contributed by atoms with Crippen molar-refractivity contribution >= 4 is 22.4 Å². The van der Waals surface area contributed by atoms with Gasteiger partial charge in [-0.25, -0.2) is 4.98 Å². The van der Waals surface area contributed by atoms with Crippen LogP contribution in [0.3, 0.4) is 0 Å². The van der Waals surface area contributed by atoms with Crippen LogP contribution < -0.4 is 10.6 Å². The zero-order chi connectivity index (χ0) is 16.1. The minimum absolute atomic E-state index is 0.0452. The summed E-state index contributed by atoms with van der Waals surface area (Å²) in [5.74, 6) is 0.0452. The molecule has 0 aliphatic carbocycles. The van der Waals surface area contributed by atoms with Crippen LogP contribution in [-0.2, 0) is 11.3 Å². The van der Waals surface area contributed by atoms with Gasteiger partial charge in [-0.1, -0.05) is 0 Å². The van der Waals surface area contributed by atoms with Crippen molar-refractivity contribution in [1.82, 2.24) is 20.1 Å². The molecule has 1 amide bonds. The molecule has 0 aromatic carbocycles. The zero-order valence-corrected chi connectivity index (χ0v) is 14.7. The van der Waals surface area contributed by atoms with E-state index in [1.807, 2.05) is 7.05 Å². The number of anilines is 1. The Morgan fingerprint density at radius 1 is 1.30 bits per heavy atom. The Kier molecular flexibility index (Phi) is 5.99. The second-order valence-corrected chi connectivity index (χ2v) is 7.40. The molecule has 0 spiro atoms. The monoisotopic (exact) mass is 337 g/mol. The van der Waals surface area contributed by atoms with Gasteiger partial charge in [0.1, 0.15) is 0 Å². The maximum absolute atomic E-state index is 12.2. The summed E-state index contributed by atoms with van der Waals surface area (Å²) in [5, 5.41) is 9.05. The van der Waals surface area contributed by atoms with Gasteiger partial charge in [-0.2, -0.15) is 0 Å². The summed E-state index contributed by atoms with van der Waals surface area (Å²) in [4.78, 5) is 21.4. The lowest BCUT2D eigenvalue weighted by Gasteiger charge is -2.31. The fourth-order valence-corrected chi connectivity index (χ4v) is 4.12. The van der Waals surface area contributed by atoms with E-state index in [4.69, 9.17) is 0 Å². The molecule has 3 rings (SSSR count). The largest absolute Gasteiger partial charge is 0.316 e. The van der Waals surface area contributed by atoms with E-state index in [1.54, 1.807) is 0 Å². The van der Waals surface area contributed by atoms with Crippen molar-refractivity contribution in [2.75, 3.05) is 45.1 Å². The number of hydrogen-bond donors (Lipinski definition) is 2. The first-order chi connectivity index (χ1) is 11.2. The molecule has 0 bridgehead atoms. The number of likely N-dealkylation sites (N-methyl/N-ethyl adjacent to an activating group) is 1. The van der Waals surface area contributed by atoms with Crippen molar-refractivity contribution in [2.45, 2.75) is 38.3 Å². The molecular formula is C16H27N5OS. The van der Waals surface area contributed by atoms with E-state index in [-0.39, 0.29) is 5.91 Å². The normalized spacial score (nSPS) is 23.3. The lowest BCUT2D eigenvalue weighted by Crippen LogP contribution is -2.46. The number of likely N-dealkylation sites (tertiary alicyclic amines) is 2. The number of amides is 1. The van der Waals surface area contributed by atoms with E-state index < -0.39 is 0 Å². The van der Waals surface area contributed by atoms with Crippen molar-refractivity contribution in [2.24, 2.45) is 0 Å². The van der Waals surface area contributed by atoms with Crippen LogP contribution in [0.5, 0.6) is 0 Å². The lowest BCUT2D eigenvalue weighted by molar-refractivity contribution is -0.117. The van der Waals surface area contributed by atoms with Gasteiger partial charge in [-0.05, 0) is 52.4 Å². The second-order valence-electron chi connectivity index (χ2n) is 6.54. The minimum atomic E-state index is 0.0452. The first kappa shape index (κ1) is 16.8. The molecule has 7 heteroatoms. The molecule has 1 unspecified atom stereocenters. The van der Waals surface area contributed by atoms with Crippen molar-refractivity contribution in [3.05, 3.63) is 11.1 Å². The molecule has 3 heterocycles. The number of carbonyl (C=O) groups is 1. The van der Waals surface area contributed by atoms with Crippen molar-refractivity contribution in [3.8, 4) is 0 Å². The molecule has 2 saturated heterocycles. The first-order valence-corrected chi connectivity index (χ1v) is 9.47. The van der Waals surface area contributed by atoms with E-state index in [0.29, 0.717) is 12.6 Å². The topological polar surface area (TPSA) is 60.5 Å². The number of hydrogen-bond acceptors (Lipinski definition) is 6. The van der Waals surface area contributed by atoms with E-state index >= 15 is 0 Å². The van der Waals surface area contributed by atoms with Crippen LogP contribution in [0.2, 0.25) is 0 Å². The molecule has 2 aliphatic heterocycles. The molecule has 2 N–H and O–H groups in total. The molecule has 0 radical (unpaired) electrons. The number of thiazole rings is 1. The number of rotatable bonds is 6. The van der Waals surface area contributed by atoms with Crippen LogP contribution >= 0.6 is 11.3 Å². The van der Waals surface area contributed by atoms with Crippen molar-refractivity contribution in [1.29, 1.82) is 0 Å². The number of aromatic nitrogens is 1. The molecule has 23 heavy (non-hydrogen) atoms. The Morgan fingerprint density at radius 3 is 2.87 bits per heavy atom. The summed E-state index contributed by atoms with van der Waals surface area (Å²) in [5.41, 5.74) is 1.07. The van der Waals surface area contributed by atoms with Gasteiger partial charge in [-0.15, -0.1) is 11.3 Å². The summed E-state index contributed by atoms with van der Waals surface area (Å²) in [6.45, 7) is 5.65. The molecule has 2 aliphatic rings. The SMILES string of the molecule is CNC1CCCN(CC(=O)Nc2nc(CN3CCCC3)cs2)C1. The van der Waals surface area contributed by atoms with Gasteiger partial charge in [0.05, 0.1) is 12.2 Å². The number of piperidine rings is 1. The molecule has 6 nitrogen and oxygen atoms in total. The summed E-state index contributed by atoms with van der Waals surface area (Å²) in [7, 11) is 1.99. The fourth-order valence-electron chi connectivity index (χ4n) is 3.40. The van der Waals surface area contributed by atoms with Crippen molar-refractivity contribution < 1.29 is 4.79 Å². The highest BCUT2D eigenvalue weighted by Crippen LogP contribution is 2.19. The van der Waals surface area contributed by atoms with Gasteiger partial charge >= 0.3 is 0 Å². The lowest BCUT2D eigenvalue weighted by atomic mass is 10.1. The highest BCUT2D eigenvalue weighted by Gasteiger charge is 2.21. The Labute approximate surface area is 142 Å². The van der Waals surface area contributed by atoms with Gasteiger partial charge in [0.25, 0.3) is 0 Å². The van der Waals surface area contributed by atoms with E-state index in [9.17, 15) is 4.79 Å². The van der Waals surface area contributed by atoms with Crippen LogP contribution in [-0.4, -0.2) is 66.5 Å². The van der Waals surface area contributed by atoms with Gasteiger partial charge < -0.3 is 10.6 Å². The zero-order valence-electron chi connectivity index (χ0n) is 13.9. The molecule has 128 valence electrons. The smallest absolute Gasteiger partial charge is 0.240 e. The highest BCUT2D eigenvalue weighted by atomic mass is 32.1. The molecule has 1 aromatic heterocycles. The summed E-state index contributed by atoms with van der Waals surface area (Å²) in [6, 6.07) is 0.503. The maximum atomic E-state index is 12.2. The Morgan fingerprint density at radius 2 is 2.09 bits per heavy atom. The van der Waals surface area contributed by atoms with Crippen LogP contribution in [0, 0.1) is 0 Å². The first-order valence-electron chi connectivity index (χ1n) is 8.59. The number of carbonyl (C=O) groups excluding carboxylic acids is 1. The average molecular weight is 337 g/mol. The van der Waals surface area contributed by atoms with E-state index in [0.717, 1.165) is 36.9 Å². The Balaban J connectivity index is 1.45. The van der Waals surface area contributed by atoms with Gasteiger partial charge in [0, 0.05) is 24.5 Å². The van der Waals surface area contributed by atoms with Crippen LogP contribution in [0.25, 0.3) is 0 Å². The quantitative estimate of drug-likeness (QED) is 0.821. The standard InChI is InChI=1S/C16H27N5OS/c1-17-13-5-4-8-21(9-13)11-15(22)19-16-18-14(12-23-16)10-20-6-2-3-7-20/h12-13,17H,2-11H2,1H3,(H,18,19,22). The predicted octanol–water partition coefficient (Wildman–Crippen LogP) is 1.36. The second kappa shape index (κ2) is 8.19. The van der Waals surface area contributed by atoms with Gasteiger partial charge in [-0.3, -0.25) is 14.6 Å². The van der Waals surface area contributed by atoms with E-state index in [1.165, 1.54) is 43.7 Å². The molecule has 0 saturated carbocycles. The maximum Gasteiger partial charge on any atom is 0.240 e. The third kappa shape index (κ3) is 4.97. The van der Waals surface area contributed by atoms with Crippen LogP contribution in [0.1, 0.15) is 31.4 Å². The van der Waals surface area contributed by atoms with Crippen LogP contribution in [0.15, 0.2) is 5.38 Å². The highest BCUT2D eigenvalue weighted by molar-refractivity contribution is 7.13. The number of nitrogens with one attached hydrogen (secondary N) is 2. The summed E-state index contributed by atoms with van der Waals surface area (Å²) in [6.07, 6.45) is 4.92. The third-order valence-corrected chi connectivity index (χ3v) is 5.47. The minimum Gasteiger partial charge on any atom is -0.316 e. The number of nitrogens with zero attached hydrogens (tertiary/aromatic N) is 3. The third-order valence-electron chi connectivity index (χ3n) is 4.66.